The van der Waals surface area contributed by atoms with Crippen molar-refractivity contribution in [2.24, 2.45) is 11.1 Å². The summed E-state index contributed by atoms with van der Waals surface area (Å²) in [6.45, 7) is -2.78. The summed E-state index contributed by atoms with van der Waals surface area (Å²) in [6, 6.07) is 7.92. The summed E-state index contributed by atoms with van der Waals surface area (Å²) < 4.78 is 5.11. The predicted octanol–water partition coefficient (Wildman–Crippen LogP) is -0.297. The number of hydrogen-bond acceptors (Lipinski definition) is 32. The molecule has 0 spiro atoms. The lowest BCUT2D eigenvalue weighted by atomic mass is 9.84. The van der Waals surface area contributed by atoms with Crippen LogP contribution in [0.15, 0.2) is 30.3 Å². The topological polar surface area (TPSA) is 376 Å². The zero-order valence-corrected chi connectivity index (χ0v) is 29.0. The Labute approximate surface area is 314 Å². The Morgan fingerprint density at radius 2 is 1.05 bits per heavy atom. The Balaban J connectivity index is 2.80. The van der Waals surface area contributed by atoms with Crippen LogP contribution in [0.3, 0.4) is 0 Å². The Bertz CT molecular complexity index is 1140. The number of amides is 1. The SMILES string of the molecule is COOOOOOOOOOOOOCC(COOOOOOOOOOOOOC)(COC(=O)NCCC(=O)O)CC(=O)CCC(=O)C(N)Cc1ccccc1. The highest BCUT2D eigenvalue weighted by molar-refractivity contribution is 5.89. The van der Waals surface area contributed by atoms with E-state index in [1.807, 2.05) is 0 Å². The molecule has 0 aliphatic rings. The first-order valence-corrected chi connectivity index (χ1v) is 14.7. The maximum atomic E-state index is 13.2. The van der Waals surface area contributed by atoms with Crippen molar-refractivity contribution in [3.8, 4) is 0 Å². The molecule has 4 N–H and O–H groups in total. The van der Waals surface area contributed by atoms with Crippen molar-refractivity contribution < 1.29 is 159 Å². The van der Waals surface area contributed by atoms with Crippen molar-refractivity contribution >= 4 is 23.6 Å². The Morgan fingerprint density at radius 1 is 0.614 bits per heavy atom. The molecule has 34 heteroatoms. The standard InChI is InChI=1S/C23H34N2O32/c1-31-36-40-44-48-52-56-54-50-46-42-38-34-15-23(14-33-22(30)25-11-10-21(28)29,16-35-39-43-47-51-55-57-53-49-45-41-37-32-2)13-18(26)8-9-20(27)19(24)12-17-6-4-3-5-7-17/h3-7,19H,8-16,24H2,1-2H3,(H,25,30)(H,28,29). The molecule has 0 saturated carbocycles. The number of aliphatic carboxylic acids is 1. The molecule has 328 valence electrons. The minimum atomic E-state index is -1.84. The smallest absolute Gasteiger partial charge is 0.407 e. The van der Waals surface area contributed by atoms with Crippen LogP contribution < -0.4 is 11.1 Å². The first kappa shape index (κ1) is 51.2. The number of hydrogen-bond donors (Lipinski definition) is 3. The van der Waals surface area contributed by atoms with E-state index >= 15 is 0 Å². The van der Waals surface area contributed by atoms with Gasteiger partial charge in [-0.25, -0.2) is 24.3 Å². The molecule has 1 aromatic rings. The fourth-order valence-corrected chi connectivity index (χ4v) is 3.35. The van der Waals surface area contributed by atoms with Crippen molar-refractivity contribution in [3.05, 3.63) is 35.9 Å². The second-order valence-electron chi connectivity index (χ2n) is 9.48. The first-order valence-electron chi connectivity index (χ1n) is 14.7. The van der Waals surface area contributed by atoms with E-state index in [9.17, 15) is 19.2 Å². The number of carboxylic acid groups (broad SMARTS) is 1. The van der Waals surface area contributed by atoms with Gasteiger partial charge in [-0.1, -0.05) is 30.3 Å². The second-order valence-corrected chi connectivity index (χ2v) is 9.48. The Morgan fingerprint density at radius 3 is 1.49 bits per heavy atom. The highest BCUT2D eigenvalue weighted by atomic mass is 18.0. The van der Waals surface area contributed by atoms with Gasteiger partial charge in [0.05, 0.1) is 45.3 Å². The van der Waals surface area contributed by atoms with Crippen LogP contribution in [0.2, 0.25) is 0 Å². The van der Waals surface area contributed by atoms with Crippen molar-refractivity contribution in [1.82, 2.24) is 5.32 Å². The van der Waals surface area contributed by atoms with Crippen molar-refractivity contribution in [2.75, 3.05) is 40.6 Å². The molecule has 0 heterocycles. The third kappa shape index (κ3) is 30.0. The monoisotopic (exact) mass is 850 g/mol. The van der Waals surface area contributed by atoms with E-state index in [-0.39, 0.29) is 25.8 Å². The van der Waals surface area contributed by atoms with Gasteiger partial charge in [0, 0.05) is 25.8 Å². The van der Waals surface area contributed by atoms with Crippen molar-refractivity contribution in [3.63, 3.8) is 0 Å². The van der Waals surface area contributed by atoms with E-state index in [1.165, 1.54) is 0 Å². The highest BCUT2D eigenvalue weighted by Crippen LogP contribution is 2.27. The van der Waals surface area contributed by atoms with E-state index in [2.05, 4.69) is 126 Å². The normalized spacial score (nSPS) is 12.1. The number of alkyl carbamates (subject to hydrolysis) is 1. The van der Waals surface area contributed by atoms with E-state index < -0.39 is 67.7 Å². The van der Waals surface area contributed by atoms with E-state index in [4.69, 9.17) is 25.4 Å². The summed E-state index contributed by atoms with van der Waals surface area (Å²) in [5.74, 6) is -2.33. The van der Waals surface area contributed by atoms with Gasteiger partial charge in [-0.05, 0) is 123 Å². The summed E-state index contributed by atoms with van der Waals surface area (Å²) >= 11 is 0. The van der Waals surface area contributed by atoms with E-state index in [1.54, 1.807) is 30.3 Å². The summed E-state index contributed by atoms with van der Waals surface area (Å²) in [4.78, 5) is 66.5. The van der Waals surface area contributed by atoms with Gasteiger partial charge in [-0.3, -0.25) is 14.4 Å². The van der Waals surface area contributed by atoms with Gasteiger partial charge in [0.25, 0.3) is 0 Å². The lowest BCUT2D eigenvalue weighted by Gasteiger charge is -2.30. The molecule has 0 aromatic heterocycles. The molecule has 1 atom stereocenters. The molecule has 1 unspecified atom stereocenters. The molecule has 0 aliphatic carbocycles. The lowest BCUT2D eigenvalue weighted by Crippen LogP contribution is -2.42. The number of benzene rings is 1. The van der Waals surface area contributed by atoms with Crippen LogP contribution in [0.5, 0.6) is 0 Å². The molecule has 0 fully saturated rings. The number of nitrogens with two attached hydrogens (primary N) is 1. The van der Waals surface area contributed by atoms with E-state index in [0.29, 0.717) is 0 Å². The fraction of sp³-hybridized carbons (Fsp3) is 0.565. The molecule has 0 aliphatic heterocycles. The number of carboxylic acids is 1. The van der Waals surface area contributed by atoms with Crippen LogP contribution >= 0.6 is 0 Å². The first-order chi connectivity index (χ1) is 27.7. The average molecular weight is 851 g/mol. The number of carbonyl (C=O) groups is 4. The summed E-state index contributed by atoms with van der Waals surface area (Å²) in [6.07, 6.45) is -2.74. The summed E-state index contributed by atoms with van der Waals surface area (Å²) in [7, 11) is 2.12. The van der Waals surface area contributed by atoms with Gasteiger partial charge >= 0.3 is 12.1 Å². The number of nitrogens with one attached hydrogen (secondary N) is 1. The number of rotatable bonds is 41. The number of ketones is 2. The zero-order valence-electron chi connectivity index (χ0n) is 29.0. The molecular weight excluding hydrogens is 816 g/mol. The molecule has 0 radical (unpaired) electrons. The molecule has 57 heavy (non-hydrogen) atoms. The summed E-state index contributed by atoms with van der Waals surface area (Å²) in [5, 5.41) is 94.6. The number of ether oxygens (including phenoxy) is 1. The number of carbonyl (C=O) groups excluding carboxylic acids is 3. The van der Waals surface area contributed by atoms with E-state index in [0.717, 1.165) is 19.8 Å². The predicted molar refractivity (Wildman–Crippen MR) is 146 cm³/mol. The average Bonchev–Trinajstić information content (AvgIpc) is 3.20. The highest BCUT2D eigenvalue weighted by Gasteiger charge is 2.38. The maximum absolute atomic E-state index is 13.2. The molecule has 0 saturated heterocycles. The quantitative estimate of drug-likeness (QED) is 0.0432. The third-order valence-corrected chi connectivity index (χ3v) is 5.57. The largest absolute Gasteiger partial charge is 0.481 e. The van der Waals surface area contributed by atoms with Crippen LogP contribution in [-0.4, -0.2) is 75.4 Å². The second kappa shape index (κ2) is 35.4. The van der Waals surface area contributed by atoms with Crippen LogP contribution in [-0.2, 0) is 156 Å². The van der Waals surface area contributed by atoms with Crippen molar-refractivity contribution in [1.29, 1.82) is 0 Å². The van der Waals surface area contributed by atoms with Gasteiger partial charge in [-0.15, -0.1) is 0 Å². The minimum absolute atomic E-state index is 0.202. The van der Waals surface area contributed by atoms with Crippen LogP contribution in [0.4, 0.5) is 4.79 Å². The molecule has 0 bridgehead atoms. The molecule has 1 aromatic carbocycles. The fourth-order valence-electron chi connectivity index (χ4n) is 3.35. The molecule has 1 rings (SSSR count). The van der Waals surface area contributed by atoms with Gasteiger partial charge < -0.3 is 20.9 Å². The molecule has 34 nitrogen and oxygen atoms in total. The van der Waals surface area contributed by atoms with Crippen LogP contribution in [0, 0.1) is 5.41 Å². The van der Waals surface area contributed by atoms with Crippen LogP contribution in [0.1, 0.15) is 31.2 Å². The third-order valence-electron chi connectivity index (χ3n) is 5.57. The molecular formula is C23H34N2O32. The maximum Gasteiger partial charge on any atom is 0.407 e. The Kier molecular flexibility index (Phi) is 31.8. The van der Waals surface area contributed by atoms with Crippen molar-refractivity contribution in [2.45, 2.75) is 38.1 Å². The van der Waals surface area contributed by atoms with Gasteiger partial charge in [0.2, 0.25) is 0 Å². The number of Topliss-reactive ketones (excluding diaryl/α,β-unsaturated/α-hetero) is 2. The van der Waals surface area contributed by atoms with Gasteiger partial charge in [-0.2, -0.15) is 0 Å². The molecule has 1 amide bonds. The lowest BCUT2D eigenvalue weighted by molar-refractivity contribution is -0.870. The minimum Gasteiger partial charge on any atom is -0.481 e. The van der Waals surface area contributed by atoms with Gasteiger partial charge in [0.15, 0.2) is 0 Å². The van der Waals surface area contributed by atoms with Crippen LogP contribution in [0.25, 0.3) is 0 Å². The van der Waals surface area contributed by atoms with Gasteiger partial charge in [0.1, 0.15) is 18.2 Å². The Hall–Kier alpha value is -3.78. The summed E-state index contributed by atoms with van der Waals surface area (Å²) in [5.41, 5.74) is 4.97. The zero-order chi connectivity index (χ0) is 41.7.